The van der Waals surface area contributed by atoms with Crippen molar-refractivity contribution in [3.05, 3.63) is 0 Å². The second-order valence-corrected chi connectivity index (χ2v) is 2.43. The Morgan fingerprint density at radius 3 is 2.80 bits per heavy atom. The summed E-state index contributed by atoms with van der Waals surface area (Å²) >= 11 is 0. The number of carbonyl (C=O) groups is 1. The Bertz CT molecular complexity index is 176. The third-order valence-electron chi connectivity index (χ3n) is 0.782. The average molecular weight is 149 g/mol. The molecule has 0 aliphatic rings. The lowest BCUT2D eigenvalue weighted by Gasteiger charge is -2.07. The number of rotatable bonds is 3. The molecular weight excluding hydrogens is 132 g/mol. The first-order chi connectivity index (χ1) is 5.75. The van der Waals surface area contributed by atoms with Gasteiger partial charge in [0, 0.05) is 4.11 Å². The maximum atomic E-state index is 10.9. The highest BCUT2D eigenvalue weighted by Crippen LogP contribution is 1.94. The largest absolute Gasteiger partial charge is 0.464 e. The summed E-state index contributed by atoms with van der Waals surface area (Å²) in [7, 11) is 0. The van der Waals surface area contributed by atoms with Crippen LogP contribution in [0.4, 0.5) is 0 Å². The maximum absolute atomic E-state index is 10.9. The molecule has 0 bridgehead atoms. The molecule has 0 aromatic rings. The first kappa shape index (κ1) is 5.13. The van der Waals surface area contributed by atoms with Crippen LogP contribution in [-0.2, 0) is 9.53 Å². The van der Waals surface area contributed by atoms with Gasteiger partial charge in [0.25, 0.3) is 0 Å². The minimum atomic E-state index is -2.70. The molecule has 0 rings (SSSR count). The van der Waals surface area contributed by atoms with E-state index in [9.17, 15) is 4.79 Å². The van der Waals surface area contributed by atoms with Crippen molar-refractivity contribution in [2.24, 2.45) is 5.92 Å². The predicted molar refractivity (Wildman–Crippen MR) is 37.5 cm³/mol. The molecule has 10 heavy (non-hydrogen) atoms. The Balaban J connectivity index is 3.98. The molecule has 1 N–H and O–H groups in total. The third kappa shape index (κ3) is 4.32. The van der Waals surface area contributed by atoms with Crippen LogP contribution in [0.3, 0.4) is 0 Å². The van der Waals surface area contributed by atoms with Crippen molar-refractivity contribution in [2.45, 2.75) is 26.8 Å². The van der Waals surface area contributed by atoms with Gasteiger partial charge in [-0.05, 0) is 12.8 Å². The zero-order valence-electron chi connectivity index (χ0n) is 9.13. The van der Waals surface area contributed by atoms with Crippen LogP contribution in [0.15, 0.2) is 0 Å². The lowest BCUT2D eigenvalue weighted by atomic mass is 10.2. The average Bonchev–Trinajstić information content (AvgIpc) is 1.96. The number of hydrogen-bond donors (Lipinski definition) is 1. The van der Waals surface area contributed by atoms with Gasteiger partial charge in [0.15, 0.2) is 0 Å². The van der Waals surface area contributed by atoms with Crippen LogP contribution in [0.2, 0.25) is 0 Å². The Kier molecular flexibility index (Phi) is 2.19. The maximum Gasteiger partial charge on any atom is 0.334 e. The first-order valence-electron chi connectivity index (χ1n) is 4.60. The molecule has 3 heteroatoms. The number of hydrogen-bond acceptors (Lipinski definition) is 3. The van der Waals surface area contributed by atoms with Crippen molar-refractivity contribution in [2.75, 3.05) is 6.61 Å². The van der Waals surface area contributed by atoms with Crippen molar-refractivity contribution >= 4 is 5.97 Å². The minimum Gasteiger partial charge on any atom is -0.464 e. The van der Waals surface area contributed by atoms with Gasteiger partial charge >= 0.3 is 5.97 Å². The number of aliphatic hydroxyl groups excluding tert-OH is 1. The van der Waals surface area contributed by atoms with Crippen LogP contribution in [0, 0.1) is 5.92 Å². The summed E-state index contributed by atoms with van der Waals surface area (Å²) in [5.74, 6) is -0.971. The summed E-state index contributed by atoms with van der Waals surface area (Å²) in [6.07, 6.45) is -2.04. The number of ether oxygens (including phenoxy) is 1. The van der Waals surface area contributed by atoms with E-state index < -0.39 is 18.9 Å². The van der Waals surface area contributed by atoms with Crippen LogP contribution < -0.4 is 0 Å². The quantitative estimate of drug-likeness (QED) is 0.596. The molecule has 0 aliphatic carbocycles. The minimum absolute atomic E-state index is 0.117. The van der Waals surface area contributed by atoms with E-state index in [1.807, 2.05) is 13.8 Å². The van der Waals surface area contributed by atoms with E-state index in [1.165, 1.54) is 0 Å². The van der Waals surface area contributed by atoms with Crippen LogP contribution in [0.25, 0.3) is 0 Å². The van der Waals surface area contributed by atoms with Gasteiger partial charge in [-0.3, -0.25) is 0 Å². The Hall–Kier alpha value is -0.570. The number of aliphatic hydroxyl groups is 1. The molecular formula is C7H14O3. The summed E-state index contributed by atoms with van der Waals surface area (Å²) in [6.45, 7) is 1.05. The van der Waals surface area contributed by atoms with Crippen LogP contribution in [0.5, 0.6) is 0 Å². The summed E-state index contributed by atoms with van der Waals surface area (Å²) in [5.41, 5.74) is 0. The van der Waals surface area contributed by atoms with Crippen molar-refractivity contribution in [3.8, 4) is 0 Å². The smallest absolute Gasteiger partial charge is 0.334 e. The molecule has 0 saturated carbocycles. The van der Waals surface area contributed by atoms with Crippen LogP contribution >= 0.6 is 0 Å². The summed E-state index contributed by atoms with van der Waals surface area (Å²) < 4.78 is 24.8. The SMILES string of the molecule is [2H]C([2H])([2H])[C@@H](O)C(=O)OCC(C)C. The van der Waals surface area contributed by atoms with Gasteiger partial charge in [-0.2, -0.15) is 0 Å². The summed E-state index contributed by atoms with van der Waals surface area (Å²) in [4.78, 5) is 10.9. The Labute approximate surface area is 65.2 Å². The van der Waals surface area contributed by atoms with Gasteiger partial charge in [-0.15, -0.1) is 0 Å². The van der Waals surface area contributed by atoms with E-state index in [2.05, 4.69) is 4.74 Å². The molecule has 0 aromatic carbocycles. The topological polar surface area (TPSA) is 46.5 Å². The van der Waals surface area contributed by atoms with Gasteiger partial charge in [-0.1, -0.05) is 13.8 Å². The molecule has 0 spiro atoms. The normalized spacial score (nSPS) is 19.0. The fraction of sp³-hybridized carbons (Fsp3) is 0.857. The predicted octanol–water partition coefficient (Wildman–Crippen LogP) is 0.566. The highest BCUT2D eigenvalue weighted by molar-refractivity contribution is 5.73. The highest BCUT2D eigenvalue weighted by Gasteiger charge is 2.09. The van der Waals surface area contributed by atoms with Gasteiger partial charge in [0.1, 0.15) is 6.10 Å². The Morgan fingerprint density at radius 2 is 2.40 bits per heavy atom. The standard InChI is InChI=1S/C7H14O3/c1-5(2)4-10-7(9)6(3)8/h5-6,8H,4H2,1-3H3/t6-/m1/s1/i3D3. The third-order valence-corrected chi connectivity index (χ3v) is 0.782. The van der Waals surface area contributed by atoms with Gasteiger partial charge in [0.05, 0.1) is 6.61 Å². The van der Waals surface area contributed by atoms with Crippen molar-refractivity contribution < 1.29 is 18.8 Å². The zero-order chi connectivity index (χ0) is 10.6. The second kappa shape index (κ2) is 4.28. The van der Waals surface area contributed by atoms with Gasteiger partial charge < -0.3 is 9.84 Å². The van der Waals surface area contributed by atoms with E-state index in [0.29, 0.717) is 0 Å². The molecule has 0 unspecified atom stereocenters. The van der Waals surface area contributed by atoms with Crippen molar-refractivity contribution in [1.29, 1.82) is 0 Å². The van der Waals surface area contributed by atoms with Crippen LogP contribution in [0.1, 0.15) is 24.8 Å². The van der Waals surface area contributed by atoms with Crippen molar-refractivity contribution in [1.82, 2.24) is 0 Å². The van der Waals surface area contributed by atoms with E-state index in [0.717, 1.165) is 0 Å². The molecule has 0 aliphatic heterocycles. The van der Waals surface area contributed by atoms with Gasteiger partial charge in [0.2, 0.25) is 0 Å². The monoisotopic (exact) mass is 149 g/mol. The summed E-state index contributed by atoms with van der Waals surface area (Å²) in [5, 5.41) is 8.93. The molecule has 1 atom stereocenters. The first-order valence-corrected chi connectivity index (χ1v) is 3.10. The number of carbonyl (C=O) groups excluding carboxylic acids is 1. The van der Waals surface area contributed by atoms with Gasteiger partial charge in [-0.25, -0.2) is 4.79 Å². The summed E-state index contributed by atoms with van der Waals surface area (Å²) in [6, 6.07) is 0. The molecule has 0 saturated heterocycles. The molecule has 3 nitrogen and oxygen atoms in total. The highest BCUT2D eigenvalue weighted by atomic mass is 16.5. The van der Waals surface area contributed by atoms with E-state index in [4.69, 9.17) is 9.22 Å². The fourth-order valence-electron chi connectivity index (χ4n) is 0.328. The molecule has 0 aromatic heterocycles. The molecule has 0 heterocycles. The fourth-order valence-corrected chi connectivity index (χ4v) is 0.328. The van der Waals surface area contributed by atoms with E-state index in [-0.39, 0.29) is 12.5 Å². The lowest BCUT2D eigenvalue weighted by Crippen LogP contribution is -2.21. The van der Waals surface area contributed by atoms with Crippen LogP contribution in [-0.4, -0.2) is 23.8 Å². The zero-order valence-corrected chi connectivity index (χ0v) is 6.13. The number of esters is 1. The lowest BCUT2D eigenvalue weighted by molar-refractivity contribution is -0.153. The molecule has 0 radical (unpaired) electrons. The molecule has 0 fully saturated rings. The molecule has 60 valence electrons. The van der Waals surface area contributed by atoms with E-state index >= 15 is 0 Å². The van der Waals surface area contributed by atoms with E-state index in [1.54, 1.807) is 0 Å². The van der Waals surface area contributed by atoms with Crippen molar-refractivity contribution in [3.63, 3.8) is 0 Å². The Morgan fingerprint density at radius 1 is 1.80 bits per heavy atom. The molecule has 0 amide bonds. The second-order valence-electron chi connectivity index (χ2n) is 2.43.